The molecule has 178 valence electrons. The molecule has 11 heteroatoms. The summed E-state index contributed by atoms with van der Waals surface area (Å²) in [6.07, 6.45) is -2.87. The lowest BCUT2D eigenvalue weighted by molar-refractivity contribution is -0.137. The minimum absolute atomic E-state index is 0.254. The van der Waals surface area contributed by atoms with Crippen molar-refractivity contribution >= 4 is 21.4 Å². The van der Waals surface area contributed by atoms with Crippen molar-refractivity contribution in [2.24, 2.45) is 0 Å². The molecule has 35 heavy (non-hydrogen) atoms. The number of nitrogens with one attached hydrogen (secondary N) is 1. The predicted octanol–water partition coefficient (Wildman–Crippen LogP) is 5.78. The second-order valence-electron chi connectivity index (χ2n) is 7.75. The number of sulfonamides is 1. The zero-order chi connectivity index (χ0) is 24.8. The van der Waals surface area contributed by atoms with E-state index in [0.29, 0.717) is 22.8 Å². The molecule has 0 bridgehead atoms. The molecule has 2 aromatic carbocycles. The van der Waals surface area contributed by atoms with Gasteiger partial charge < -0.3 is 4.42 Å². The van der Waals surface area contributed by atoms with E-state index in [0.717, 1.165) is 35.6 Å². The Balaban J connectivity index is 1.39. The summed E-state index contributed by atoms with van der Waals surface area (Å²) in [5, 5.41) is 4.63. The Hall–Kier alpha value is -4.12. The molecule has 3 heterocycles. The van der Waals surface area contributed by atoms with E-state index in [2.05, 4.69) is 14.8 Å². The van der Waals surface area contributed by atoms with Crippen LogP contribution < -0.4 is 4.72 Å². The summed E-state index contributed by atoms with van der Waals surface area (Å²) < 4.78 is 73.1. The van der Waals surface area contributed by atoms with Crippen LogP contribution >= 0.6 is 0 Å². The third kappa shape index (κ3) is 4.50. The summed E-state index contributed by atoms with van der Waals surface area (Å²) in [4.78, 5) is 4.07. The SMILES string of the molecule is Cc1ccc(-c2cnc3ccc(-c4ccc(NS(=O)(=O)c5ccc(C(F)(F)F)cc5)cc4)nn23)o1. The van der Waals surface area contributed by atoms with Gasteiger partial charge in [-0.3, -0.25) is 4.72 Å². The number of hydrogen-bond acceptors (Lipinski definition) is 5. The molecular weight excluding hydrogens is 481 g/mol. The van der Waals surface area contributed by atoms with E-state index in [1.807, 2.05) is 25.1 Å². The topological polar surface area (TPSA) is 89.5 Å². The number of hydrogen-bond donors (Lipinski definition) is 1. The highest BCUT2D eigenvalue weighted by molar-refractivity contribution is 7.92. The van der Waals surface area contributed by atoms with Gasteiger partial charge in [-0.1, -0.05) is 12.1 Å². The van der Waals surface area contributed by atoms with Gasteiger partial charge in [-0.25, -0.2) is 17.9 Å². The molecule has 0 radical (unpaired) electrons. The molecule has 0 spiro atoms. The zero-order valence-corrected chi connectivity index (χ0v) is 18.9. The van der Waals surface area contributed by atoms with Crippen molar-refractivity contribution in [3.8, 4) is 22.7 Å². The zero-order valence-electron chi connectivity index (χ0n) is 18.1. The molecule has 0 saturated heterocycles. The van der Waals surface area contributed by atoms with E-state index in [-0.39, 0.29) is 10.6 Å². The Bertz CT molecular complexity index is 1620. The van der Waals surface area contributed by atoms with Crippen molar-refractivity contribution in [2.45, 2.75) is 18.0 Å². The van der Waals surface area contributed by atoms with Crippen LogP contribution in [0.1, 0.15) is 11.3 Å². The van der Waals surface area contributed by atoms with Crippen LogP contribution in [0.25, 0.3) is 28.4 Å². The molecule has 7 nitrogen and oxygen atoms in total. The van der Waals surface area contributed by atoms with Gasteiger partial charge in [0, 0.05) is 11.3 Å². The number of aromatic nitrogens is 3. The van der Waals surface area contributed by atoms with Gasteiger partial charge in [0.15, 0.2) is 11.4 Å². The lowest BCUT2D eigenvalue weighted by Crippen LogP contribution is -2.13. The van der Waals surface area contributed by atoms with Crippen LogP contribution in [0.2, 0.25) is 0 Å². The molecule has 0 amide bonds. The van der Waals surface area contributed by atoms with Crippen molar-refractivity contribution < 1.29 is 26.0 Å². The average Bonchev–Trinajstić information content (AvgIpc) is 3.44. The maximum absolute atomic E-state index is 12.7. The summed E-state index contributed by atoms with van der Waals surface area (Å²) in [6.45, 7) is 1.85. The first-order chi connectivity index (χ1) is 16.6. The van der Waals surface area contributed by atoms with Gasteiger partial charge in [-0.15, -0.1) is 0 Å². The number of aryl methyl sites for hydroxylation is 1. The van der Waals surface area contributed by atoms with Crippen molar-refractivity contribution in [3.63, 3.8) is 0 Å². The second kappa shape index (κ2) is 8.27. The Morgan fingerprint density at radius 1 is 0.914 bits per heavy atom. The number of anilines is 1. The van der Waals surface area contributed by atoms with Crippen LogP contribution in [0.4, 0.5) is 18.9 Å². The molecule has 5 rings (SSSR count). The first-order valence-corrected chi connectivity index (χ1v) is 11.8. The third-order valence-corrected chi connectivity index (χ3v) is 6.68. The number of halogens is 3. The summed E-state index contributed by atoms with van der Waals surface area (Å²) in [7, 11) is -4.06. The molecule has 0 aliphatic rings. The summed E-state index contributed by atoms with van der Waals surface area (Å²) in [5.74, 6) is 1.40. The number of fused-ring (bicyclic) bond motifs is 1. The monoisotopic (exact) mass is 498 g/mol. The lowest BCUT2D eigenvalue weighted by Gasteiger charge is -2.11. The van der Waals surface area contributed by atoms with Gasteiger partial charge in [-0.2, -0.15) is 18.3 Å². The molecule has 3 aromatic heterocycles. The van der Waals surface area contributed by atoms with Crippen molar-refractivity contribution in [1.29, 1.82) is 0 Å². The molecule has 1 N–H and O–H groups in total. The van der Waals surface area contributed by atoms with Crippen molar-refractivity contribution in [1.82, 2.24) is 14.6 Å². The smallest absolute Gasteiger partial charge is 0.416 e. The number of rotatable bonds is 5. The number of imidazole rings is 1. The largest absolute Gasteiger partial charge is 0.460 e. The molecule has 5 aromatic rings. The Morgan fingerprint density at radius 2 is 1.63 bits per heavy atom. The number of alkyl halides is 3. The first kappa shape index (κ1) is 22.7. The highest BCUT2D eigenvalue weighted by Gasteiger charge is 2.30. The minimum atomic E-state index is -4.54. The van der Waals surface area contributed by atoms with Crippen LogP contribution in [0.15, 0.2) is 88.3 Å². The van der Waals surface area contributed by atoms with Crippen LogP contribution in [0, 0.1) is 6.92 Å². The summed E-state index contributed by atoms with van der Waals surface area (Å²) in [5.41, 5.74) is 2.00. The fourth-order valence-electron chi connectivity index (χ4n) is 3.51. The number of benzene rings is 2. The predicted molar refractivity (Wildman–Crippen MR) is 123 cm³/mol. The summed E-state index contributed by atoms with van der Waals surface area (Å²) in [6, 6.07) is 17.1. The quantitative estimate of drug-likeness (QED) is 0.332. The molecule has 0 saturated carbocycles. The van der Waals surface area contributed by atoms with Gasteiger partial charge >= 0.3 is 6.18 Å². The average molecular weight is 498 g/mol. The number of furan rings is 1. The Labute approximate surface area is 197 Å². The van der Waals surface area contributed by atoms with Crippen LogP contribution in [0.5, 0.6) is 0 Å². The van der Waals surface area contributed by atoms with Crippen LogP contribution in [0.3, 0.4) is 0 Å². The Morgan fingerprint density at radius 3 is 2.26 bits per heavy atom. The lowest BCUT2D eigenvalue weighted by atomic mass is 10.1. The van der Waals surface area contributed by atoms with Crippen molar-refractivity contribution in [2.75, 3.05) is 4.72 Å². The van der Waals surface area contributed by atoms with E-state index < -0.39 is 21.8 Å². The van der Waals surface area contributed by atoms with Gasteiger partial charge in [0.25, 0.3) is 10.0 Å². The van der Waals surface area contributed by atoms with Gasteiger partial charge in [0.2, 0.25) is 0 Å². The van der Waals surface area contributed by atoms with Crippen LogP contribution in [-0.4, -0.2) is 23.0 Å². The Kier molecular flexibility index (Phi) is 5.36. The van der Waals surface area contributed by atoms with Gasteiger partial charge in [0.1, 0.15) is 11.5 Å². The fraction of sp³-hybridized carbons (Fsp3) is 0.0833. The second-order valence-corrected chi connectivity index (χ2v) is 9.43. The number of nitrogens with zero attached hydrogens (tertiary/aromatic N) is 3. The van der Waals surface area contributed by atoms with Gasteiger partial charge in [0.05, 0.1) is 22.3 Å². The van der Waals surface area contributed by atoms with E-state index >= 15 is 0 Å². The first-order valence-electron chi connectivity index (χ1n) is 10.3. The maximum atomic E-state index is 12.7. The fourth-order valence-corrected chi connectivity index (χ4v) is 4.57. The standard InChI is InChI=1S/C24H17F3N4O3S/c1-15-2-12-22(34-15)21-14-28-23-13-11-20(29-31(21)23)16-3-7-18(8-4-16)30-35(32,33)19-9-5-17(6-10-19)24(25,26)27/h2-14,30H,1H3. The molecule has 0 aliphatic heterocycles. The molecule has 0 aliphatic carbocycles. The normalized spacial score (nSPS) is 12.2. The van der Waals surface area contributed by atoms with E-state index in [1.165, 1.54) is 0 Å². The summed E-state index contributed by atoms with van der Waals surface area (Å²) >= 11 is 0. The molecule has 0 atom stereocenters. The molecule has 0 unspecified atom stereocenters. The highest BCUT2D eigenvalue weighted by atomic mass is 32.2. The van der Waals surface area contributed by atoms with Crippen molar-refractivity contribution in [3.05, 3.63) is 90.3 Å². The third-order valence-electron chi connectivity index (χ3n) is 5.28. The molecular formula is C24H17F3N4O3S. The van der Waals surface area contributed by atoms with E-state index in [1.54, 1.807) is 41.0 Å². The minimum Gasteiger partial charge on any atom is -0.460 e. The highest BCUT2D eigenvalue weighted by Crippen LogP contribution is 2.30. The van der Waals surface area contributed by atoms with E-state index in [9.17, 15) is 21.6 Å². The van der Waals surface area contributed by atoms with Crippen LogP contribution in [-0.2, 0) is 16.2 Å². The van der Waals surface area contributed by atoms with E-state index in [4.69, 9.17) is 4.42 Å². The maximum Gasteiger partial charge on any atom is 0.416 e. The van der Waals surface area contributed by atoms with Gasteiger partial charge in [-0.05, 0) is 67.6 Å². The molecule has 0 fully saturated rings.